The molecule has 1 unspecified atom stereocenters. The molecular weight excluding hydrogens is 400 g/mol. The summed E-state index contributed by atoms with van der Waals surface area (Å²) in [7, 11) is 0. The van der Waals surface area contributed by atoms with Gasteiger partial charge in [0.15, 0.2) is 0 Å². The Balaban J connectivity index is 2.72. The van der Waals surface area contributed by atoms with Crippen LogP contribution in [0.1, 0.15) is 45.1 Å². The van der Waals surface area contributed by atoms with Crippen molar-refractivity contribution in [1.82, 2.24) is 0 Å². The molecule has 118 valence electrons. The van der Waals surface area contributed by atoms with Crippen molar-refractivity contribution in [3.05, 3.63) is 26.6 Å². The first-order chi connectivity index (χ1) is 9.97. The molecule has 5 heteroatoms. The molecule has 0 aliphatic carbocycles. The highest BCUT2D eigenvalue weighted by molar-refractivity contribution is 9.11. The largest absolute Gasteiger partial charge is 0.491 e. The van der Waals surface area contributed by atoms with E-state index in [1.165, 1.54) is 19.3 Å². The minimum absolute atomic E-state index is 0.00552. The molecule has 1 atom stereocenters. The van der Waals surface area contributed by atoms with E-state index < -0.39 is 5.97 Å². The van der Waals surface area contributed by atoms with Gasteiger partial charge in [-0.2, -0.15) is 0 Å². The van der Waals surface area contributed by atoms with Crippen LogP contribution >= 0.6 is 31.9 Å². The molecule has 21 heavy (non-hydrogen) atoms. The number of carboxylic acid groups (broad SMARTS) is 1. The maximum absolute atomic E-state index is 10.8. The summed E-state index contributed by atoms with van der Waals surface area (Å²) < 4.78 is 7.52. The first-order valence-electron chi connectivity index (χ1n) is 7.30. The van der Waals surface area contributed by atoms with Crippen LogP contribution in [0.3, 0.4) is 0 Å². The van der Waals surface area contributed by atoms with Gasteiger partial charge in [-0.1, -0.05) is 33.1 Å². The smallest absolute Gasteiger partial charge is 0.307 e. The van der Waals surface area contributed by atoms with Crippen LogP contribution < -0.4 is 4.74 Å². The Morgan fingerprint density at radius 1 is 1.29 bits per heavy atom. The van der Waals surface area contributed by atoms with E-state index >= 15 is 0 Å². The summed E-state index contributed by atoms with van der Waals surface area (Å²) >= 11 is 6.93. The number of hydrogen-bond donors (Lipinski definition) is 1. The number of unbranched alkanes of at least 4 members (excludes halogenated alkanes) is 1. The topological polar surface area (TPSA) is 46.5 Å². The summed E-state index contributed by atoms with van der Waals surface area (Å²) in [6.45, 7) is 5.07. The van der Waals surface area contributed by atoms with Crippen LogP contribution in [-0.4, -0.2) is 17.7 Å². The molecular formula is C16H22Br2O3. The van der Waals surface area contributed by atoms with E-state index in [2.05, 4.69) is 45.7 Å². The Morgan fingerprint density at radius 3 is 2.38 bits per heavy atom. The molecule has 1 aromatic carbocycles. The summed E-state index contributed by atoms with van der Waals surface area (Å²) in [5, 5.41) is 8.85. The first-order valence-corrected chi connectivity index (χ1v) is 8.89. The number of carbonyl (C=O) groups is 1. The molecule has 0 aromatic heterocycles. The van der Waals surface area contributed by atoms with Crippen molar-refractivity contribution in [3.8, 4) is 5.75 Å². The van der Waals surface area contributed by atoms with Crippen molar-refractivity contribution in [2.45, 2.75) is 46.0 Å². The molecule has 0 bridgehead atoms. The lowest BCUT2D eigenvalue weighted by molar-refractivity contribution is -0.136. The molecule has 0 heterocycles. The second kappa shape index (κ2) is 9.46. The van der Waals surface area contributed by atoms with E-state index in [9.17, 15) is 4.79 Å². The zero-order chi connectivity index (χ0) is 15.8. The Hall–Kier alpha value is -0.550. The van der Waals surface area contributed by atoms with E-state index in [0.29, 0.717) is 12.5 Å². The summed E-state index contributed by atoms with van der Waals surface area (Å²) in [6.07, 6.45) is 4.72. The van der Waals surface area contributed by atoms with Gasteiger partial charge in [0, 0.05) is 0 Å². The van der Waals surface area contributed by atoms with Crippen LogP contribution in [0.15, 0.2) is 21.1 Å². The van der Waals surface area contributed by atoms with Gasteiger partial charge in [-0.25, -0.2) is 0 Å². The normalized spacial score (nSPS) is 12.2. The molecule has 1 rings (SSSR count). The average Bonchev–Trinajstić information content (AvgIpc) is 2.40. The zero-order valence-electron chi connectivity index (χ0n) is 12.5. The van der Waals surface area contributed by atoms with E-state index in [1.54, 1.807) is 12.1 Å². The van der Waals surface area contributed by atoms with Crippen molar-refractivity contribution in [1.29, 1.82) is 0 Å². The van der Waals surface area contributed by atoms with Gasteiger partial charge >= 0.3 is 5.97 Å². The quantitative estimate of drug-likeness (QED) is 0.577. The summed E-state index contributed by atoms with van der Waals surface area (Å²) in [5.74, 6) is 0.467. The van der Waals surface area contributed by atoms with Gasteiger partial charge in [0.25, 0.3) is 0 Å². The third-order valence-corrected chi connectivity index (χ3v) is 4.60. The van der Waals surface area contributed by atoms with Crippen molar-refractivity contribution in [3.63, 3.8) is 0 Å². The zero-order valence-corrected chi connectivity index (χ0v) is 15.7. The lowest BCUT2D eigenvalue weighted by atomic mass is 10.0. The monoisotopic (exact) mass is 420 g/mol. The Morgan fingerprint density at radius 2 is 1.90 bits per heavy atom. The maximum Gasteiger partial charge on any atom is 0.307 e. The Labute approximate surface area is 143 Å². The second-order valence-electron chi connectivity index (χ2n) is 5.19. The van der Waals surface area contributed by atoms with Crippen LogP contribution in [-0.2, 0) is 11.2 Å². The highest BCUT2D eigenvalue weighted by atomic mass is 79.9. The Bertz CT molecular complexity index is 452. The van der Waals surface area contributed by atoms with Gasteiger partial charge in [0.2, 0.25) is 0 Å². The van der Waals surface area contributed by atoms with Gasteiger partial charge in [0.1, 0.15) is 5.75 Å². The average molecular weight is 422 g/mol. The lowest BCUT2D eigenvalue weighted by Gasteiger charge is -2.17. The fourth-order valence-corrected chi connectivity index (χ4v) is 3.64. The highest BCUT2D eigenvalue weighted by Crippen LogP contribution is 2.35. The number of ether oxygens (including phenoxy) is 1. The van der Waals surface area contributed by atoms with Gasteiger partial charge in [-0.05, 0) is 61.9 Å². The second-order valence-corrected chi connectivity index (χ2v) is 6.90. The van der Waals surface area contributed by atoms with Crippen molar-refractivity contribution >= 4 is 37.8 Å². The molecule has 3 nitrogen and oxygen atoms in total. The van der Waals surface area contributed by atoms with E-state index in [0.717, 1.165) is 26.7 Å². The molecule has 0 amide bonds. The minimum atomic E-state index is -0.840. The molecule has 0 saturated heterocycles. The van der Waals surface area contributed by atoms with Gasteiger partial charge in [-0.3, -0.25) is 4.79 Å². The number of benzene rings is 1. The standard InChI is InChI=1S/C16H22Br2O3/c1-3-5-6-11(4-2)10-21-16-13(17)7-12(8-14(16)18)9-15(19)20/h7-8,11H,3-6,9-10H2,1-2H3,(H,19,20). The number of aliphatic carboxylic acids is 1. The third-order valence-electron chi connectivity index (χ3n) is 3.42. The molecule has 0 spiro atoms. The molecule has 0 radical (unpaired) electrons. The van der Waals surface area contributed by atoms with E-state index in [4.69, 9.17) is 9.84 Å². The Kier molecular flexibility index (Phi) is 8.34. The van der Waals surface area contributed by atoms with Gasteiger partial charge in [-0.15, -0.1) is 0 Å². The lowest BCUT2D eigenvalue weighted by Crippen LogP contribution is -2.12. The summed E-state index contributed by atoms with van der Waals surface area (Å²) in [4.78, 5) is 10.8. The predicted octanol–water partition coefficient (Wildman–Crippen LogP) is 5.43. The minimum Gasteiger partial charge on any atom is -0.491 e. The third kappa shape index (κ3) is 6.39. The van der Waals surface area contributed by atoms with Gasteiger partial charge < -0.3 is 9.84 Å². The van der Waals surface area contributed by atoms with Gasteiger partial charge in [0.05, 0.1) is 22.0 Å². The number of hydrogen-bond acceptors (Lipinski definition) is 2. The van der Waals surface area contributed by atoms with Crippen LogP contribution in [0, 0.1) is 5.92 Å². The van der Waals surface area contributed by atoms with E-state index in [1.807, 2.05) is 0 Å². The van der Waals surface area contributed by atoms with Crippen LogP contribution in [0.5, 0.6) is 5.75 Å². The molecule has 0 aliphatic rings. The van der Waals surface area contributed by atoms with E-state index in [-0.39, 0.29) is 6.42 Å². The summed E-state index contributed by atoms with van der Waals surface area (Å²) in [5.41, 5.74) is 0.742. The molecule has 1 N–H and O–H groups in total. The first kappa shape index (κ1) is 18.5. The molecule has 0 fully saturated rings. The molecule has 1 aromatic rings. The van der Waals surface area contributed by atoms with Crippen LogP contribution in [0.2, 0.25) is 0 Å². The highest BCUT2D eigenvalue weighted by Gasteiger charge is 2.13. The van der Waals surface area contributed by atoms with Crippen molar-refractivity contribution in [2.75, 3.05) is 6.61 Å². The SMILES string of the molecule is CCCCC(CC)COc1c(Br)cc(CC(=O)O)cc1Br. The van der Waals surface area contributed by atoms with Crippen molar-refractivity contribution < 1.29 is 14.6 Å². The fourth-order valence-electron chi connectivity index (χ4n) is 2.13. The fraction of sp³-hybridized carbons (Fsp3) is 0.562. The number of halogens is 2. The molecule has 0 saturated carbocycles. The number of carboxylic acids is 1. The summed E-state index contributed by atoms with van der Waals surface area (Å²) in [6, 6.07) is 3.61. The van der Waals surface area contributed by atoms with Crippen molar-refractivity contribution in [2.24, 2.45) is 5.92 Å². The van der Waals surface area contributed by atoms with Crippen LogP contribution in [0.25, 0.3) is 0 Å². The number of rotatable bonds is 9. The molecule has 0 aliphatic heterocycles. The van der Waals surface area contributed by atoms with Crippen LogP contribution in [0.4, 0.5) is 0 Å². The predicted molar refractivity (Wildman–Crippen MR) is 92.0 cm³/mol. The maximum atomic E-state index is 10.8.